The molecule has 3 N–H and O–H groups in total. The van der Waals surface area contributed by atoms with E-state index in [1.807, 2.05) is 13.8 Å². The van der Waals surface area contributed by atoms with E-state index in [0.717, 1.165) is 5.56 Å². The van der Waals surface area contributed by atoms with Gasteiger partial charge in [0.05, 0.1) is 11.0 Å². The molecule has 2 atom stereocenters. The number of non-ortho nitro benzene ring substituents is 1. The molecule has 0 saturated carbocycles. The Morgan fingerprint density at radius 3 is 2.75 bits per heavy atom. The van der Waals surface area contributed by atoms with Gasteiger partial charge in [0, 0.05) is 24.6 Å². The third-order valence-electron chi connectivity index (χ3n) is 3.05. The van der Waals surface area contributed by atoms with E-state index >= 15 is 0 Å². The minimum absolute atomic E-state index is 0.0151. The first-order chi connectivity index (χ1) is 9.43. The number of hydrogen-bond acceptors (Lipinski definition) is 4. The van der Waals surface area contributed by atoms with Gasteiger partial charge >= 0.3 is 0 Å². The maximum atomic E-state index is 11.8. The van der Waals surface area contributed by atoms with Gasteiger partial charge < -0.3 is 11.1 Å². The summed E-state index contributed by atoms with van der Waals surface area (Å²) < 4.78 is 0. The van der Waals surface area contributed by atoms with Crippen LogP contribution >= 0.6 is 0 Å². The van der Waals surface area contributed by atoms with E-state index in [-0.39, 0.29) is 23.7 Å². The molecule has 2 unspecified atom stereocenters. The van der Waals surface area contributed by atoms with Crippen LogP contribution in [0.4, 0.5) is 5.69 Å². The largest absolute Gasteiger partial charge is 0.349 e. The first-order valence-corrected chi connectivity index (χ1v) is 6.73. The zero-order chi connectivity index (χ0) is 15.1. The summed E-state index contributed by atoms with van der Waals surface area (Å²) in [6.07, 6.45) is 1.66. The maximum Gasteiger partial charge on any atom is 0.269 e. The van der Waals surface area contributed by atoms with Crippen LogP contribution in [0, 0.1) is 10.1 Å². The molecule has 20 heavy (non-hydrogen) atoms. The lowest BCUT2D eigenvalue weighted by Gasteiger charge is -2.17. The van der Waals surface area contributed by atoms with E-state index in [9.17, 15) is 14.9 Å². The molecule has 0 radical (unpaired) electrons. The average molecular weight is 279 g/mol. The molecule has 1 aromatic rings. The Kier molecular flexibility index (Phi) is 6.11. The van der Waals surface area contributed by atoms with Gasteiger partial charge in [-0.1, -0.05) is 19.1 Å². The molecule has 110 valence electrons. The Morgan fingerprint density at radius 2 is 2.20 bits per heavy atom. The Labute approximate surface area is 118 Å². The number of rotatable bonds is 7. The van der Waals surface area contributed by atoms with Crippen molar-refractivity contribution in [2.75, 3.05) is 0 Å². The van der Waals surface area contributed by atoms with Crippen molar-refractivity contribution < 1.29 is 9.72 Å². The minimum Gasteiger partial charge on any atom is -0.349 e. The van der Waals surface area contributed by atoms with E-state index in [4.69, 9.17) is 5.73 Å². The molecule has 0 heterocycles. The van der Waals surface area contributed by atoms with Gasteiger partial charge in [-0.25, -0.2) is 0 Å². The van der Waals surface area contributed by atoms with Gasteiger partial charge in [0.15, 0.2) is 0 Å². The van der Waals surface area contributed by atoms with Crippen molar-refractivity contribution in [3.63, 3.8) is 0 Å². The molecular weight excluding hydrogens is 258 g/mol. The predicted molar refractivity (Wildman–Crippen MR) is 77.2 cm³/mol. The molecule has 0 spiro atoms. The number of carbonyl (C=O) groups is 1. The summed E-state index contributed by atoms with van der Waals surface area (Å²) in [5.74, 6) is -0.0827. The molecule has 0 aliphatic carbocycles. The lowest BCUT2D eigenvalue weighted by Crippen LogP contribution is -2.29. The normalized spacial score (nSPS) is 13.6. The van der Waals surface area contributed by atoms with Crippen LogP contribution in [0.5, 0.6) is 0 Å². The Morgan fingerprint density at radius 1 is 1.50 bits per heavy atom. The van der Waals surface area contributed by atoms with Crippen LogP contribution in [-0.2, 0) is 4.79 Å². The second kappa shape index (κ2) is 7.59. The molecule has 1 rings (SSSR count). The molecule has 1 amide bonds. The number of carbonyl (C=O) groups excluding carboxylic acids is 1. The van der Waals surface area contributed by atoms with Crippen LogP contribution in [0.15, 0.2) is 24.3 Å². The summed E-state index contributed by atoms with van der Waals surface area (Å²) >= 11 is 0. The van der Waals surface area contributed by atoms with Crippen molar-refractivity contribution in [2.24, 2.45) is 5.73 Å². The van der Waals surface area contributed by atoms with Gasteiger partial charge in [0.2, 0.25) is 5.91 Å². The van der Waals surface area contributed by atoms with Crippen LogP contribution in [0.1, 0.15) is 44.7 Å². The number of benzene rings is 1. The third kappa shape index (κ3) is 4.97. The zero-order valence-corrected chi connectivity index (χ0v) is 11.8. The summed E-state index contributed by atoms with van der Waals surface area (Å²) in [4.78, 5) is 22.1. The minimum atomic E-state index is -0.436. The first kappa shape index (κ1) is 16.1. The lowest BCUT2D eigenvalue weighted by atomic mass is 10.0. The summed E-state index contributed by atoms with van der Waals surface area (Å²) in [6.45, 7) is 3.78. The van der Waals surface area contributed by atoms with Gasteiger partial charge in [-0.3, -0.25) is 14.9 Å². The number of nitro benzene ring substituents is 1. The summed E-state index contributed by atoms with van der Waals surface area (Å²) in [6, 6.07) is 6.12. The van der Waals surface area contributed by atoms with Crippen LogP contribution < -0.4 is 11.1 Å². The van der Waals surface area contributed by atoms with Crippen molar-refractivity contribution in [3.8, 4) is 0 Å². The molecule has 0 saturated heterocycles. The number of nitrogens with one attached hydrogen (secondary N) is 1. The number of amides is 1. The first-order valence-electron chi connectivity index (χ1n) is 6.73. The van der Waals surface area contributed by atoms with Crippen molar-refractivity contribution in [1.82, 2.24) is 5.32 Å². The van der Waals surface area contributed by atoms with E-state index in [1.165, 1.54) is 12.1 Å². The fourth-order valence-corrected chi connectivity index (χ4v) is 1.90. The molecule has 0 fully saturated rings. The van der Waals surface area contributed by atoms with Crippen molar-refractivity contribution in [1.29, 1.82) is 0 Å². The summed E-state index contributed by atoms with van der Waals surface area (Å²) in [7, 11) is 0. The van der Waals surface area contributed by atoms with E-state index in [0.29, 0.717) is 19.3 Å². The SMILES string of the molecule is CCC(NC(=O)CCC(C)N)c1cccc([N+](=O)[O-])c1. The zero-order valence-electron chi connectivity index (χ0n) is 11.8. The van der Waals surface area contributed by atoms with E-state index in [2.05, 4.69) is 5.32 Å². The topological polar surface area (TPSA) is 98.3 Å². The Hall–Kier alpha value is -1.95. The van der Waals surface area contributed by atoms with Gasteiger partial charge in [-0.15, -0.1) is 0 Å². The quantitative estimate of drug-likeness (QED) is 0.591. The summed E-state index contributed by atoms with van der Waals surface area (Å²) in [5, 5.41) is 13.7. The number of nitro groups is 1. The van der Waals surface area contributed by atoms with Gasteiger partial charge in [0.25, 0.3) is 5.69 Å². The fourth-order valence-electron chi connectivity index (χ4n) is 1.90. The highest BCUT2D eigenvalue weighted by Gasteiger charge is 2.15. The van der Waals surface area contributed by atoms with Crippen LogP contribution in [-0.4, -0.2) is 16.9 Å². The number of nitrogens with two attached hydrogens (primary N) is 1. The number of nitrogens with zero attached hydrogens (tertiary/aromatic N) is 1. The molecule has 6 heteroatoms. The van der Waals surface area contributed by atoms with Gasteiger partial charge in [0.1, 0.15) is 0 Å². The van der Waals surface area contributed by atoms with Crippen molar-refractivity contribution >= 4 is 11.6 Å². The van der Waals surface area contributed by atoms with E-state index < -0.39 is 4.92 Å². The van der Waals surface area contributed by atoms with Crippen LogP contribution in [0.2, 0.25) is 0 Å². The highest BCUT2D eigenvalue weighted by molar-refractivity contribution is 5.76. The lowest BCUT2D eigenvalue weighted by molar-refractivity contribution is -0.384. The third-order valence-corrected chi connectivity index (χ3v) is 3.05. The van der Waals surface area contributed by atoms with Crippen molar-refractivity contribution in [2.45, 2.75) is 45.2 Å². The monoisotopic (exact) mass is 279 g/mol. The molecule has 0 aliphatic rings. The Bertz CT molecular complexity index is 474. The molecule has 6 nitrogen and oxygen atoms in total. The average Bonchev–Trinajstić information content (AvgIpc) is 2.42. The second-order valence-electron chi connectivity index (χ2n) is 4.90. The fraction of sp³-hybridized carbons (Fsp3) is 0.500. The smallest absolute Gasteiger partial charge is 0.269 e. The van der Waals surface area contributed by atoms with Gasteiger partial charge in [-0.2, -0.15) is 0 Å². The molecular formula is C14H21N3O3. The predicted octanol–water partition coefficient (Wildman–Crippen LogP) is 2.29. The summed E-state index contributed by atoms with van der Waals surface area (Å²) in [5.41, 5.74) is 6.39. The van der Waals surface area contributed by atoms with Gasteiger partial charge in [-0.05, 0) is 25.3 Å². The molecule has 0 aromatic heterocycles. The highest BCUT2D eigenvalue weighted by Crippen LogP contribution is 2.21. The molecule has 0 bridgehead atoms. The molecule has 0 aliphatic heterocycles. The van der Waals surface area contributed by atoms with Crippen LogP contribution in [0.3, 0.4) is 0 Å². The van der Waals surface area contributed by atoms with Crippen molar-refractivity contribution in [3.05, 3.63) is 39.9 Å². The Balaban J connectivity index is 2.73. The number of hydrogen-bond donors (Lipinski definition) is 2. The van der Waals surface area contributed by atoms with E-state index in [1.54, 1.807) is 12.1 Å². The molecule has 1 aromatic carbocycles. The second-order valence-corrected chi connectivity index (χ2v) is 4.90. The standard InChI is InChI=1S/C14H21N3O3/c1-3-13(16-14(18)8-7-10(2)15)11-5-4-6-12(9-11)17(19)20/h4-6,9-10,13H,3,7-8,15H2,1-2H3,(H,16,18). The highest BCUT2D eigenvalue weighted by atomic mass is 16.6. The van der Waals surface area contributed by atoms with Crippen LogP contribution in [0.25, 0.3) is 0 Å². The maximum absolute atomic E-state index is 11.8.